The van der Waals surface area contributed by atoms with Crippen molar-refractivity contribution in [1.29, 1.82) is 0 Å². The van der Waals surface area contributed by atoms with Gasteiger partial charge in [-0.3, -0.25) is 0 Å². The number of ether oxygens (including phenoxy) is 3. The Balaban J connectivity index is 1.71. The molecule has 0 aromatic heterocycles. The van der Waals surface area contributed by atoms with Crippen molar-refractivity contribution in [3.63, 3.8) is 0 Å². The fourth-order valence-electron chi connectivity index (χ4n) is 3.56. The summed E-state index contributed by atoms with van der Waals surface area (Å²) in [6, 6.07) is 13.6. The van der Waals surface area contributed by atoms with Crippen molar-refractivity contribution in [1.82, 2.24) is 0 Å². The van der Waals surface area contributed by atoms with Gasteiger partial charge in [-0.05, 0) is 18.2 Å². The Kier molecular flexibility index (Phi) is 2.94. The van der Waals surface area contributed by atoms with Crippen LogP contribution in [0.4, 0.5) is 11.4 Å². The highest BCUT2D eigenvalue weighted by atomic mass is 16.7. The first-order valence-electron chi connectivity index (χ1n) is 8.12. The number of likely N-dealkylation sites (N-methyl/N-ethyl adjacent to an activating group) is 1. The summed E-state index contributed by atoms with van der Waals surface area (Å²) >= 11 is 0. The molecule has 1 unspecified atom stereocenters. The zero-order valence-corrected chi connectivity index (χ0v) is 13.6. The number of carbonyl (C=O) groups is 1. The van der Waals surface area contributed by atoms with E-state index in [1.54, 1.807) is 0 Å². The Morgan fingerprint density at radius 1 is 1.08 bits per heavy atom. The van der Waals surface area contributed by atoms with E-state index in [4.69, 9.17) is 14.2 Å². The van der Waals surface area contributed by atoms with Crippen LogP contribution in [-0.4, -0.2) is 32.5 Å². The van der Waals surface area contributed by atoms with Crippen molar-refractivity contribution in [3.05, 3.63) is 53.6 Å². The molecule has 1 N–H and O–H groups in total. The maximum Gasteiger partial charge on any atom is 0.338 e. The van der Waals surface area contributed by atoms with Crippen molar-refractivity contribution < 1.29 is 19.0 Å². The Labute approximate surface area is 144 Å². The second kappa shape index (κ2) is 5.17. The van der Waals surface area contributed by atoms with E-state index >= 15 is 0 Å². The van der Waals surface area contributed by atoms with E-state index in [-0.39, 0.29) is 18.8 Å². The number of carbonyl (C=O) groups excluding carboxylic acids is 1. The largest absolute Gasteiger partial charge is 0.460 e. The van der Waals surface area contributed by atoms with Gasteiger partial charge < -0.3 is 24.4 Å². The molecule has 3 heterocycles. The molecule has 0 radical (unpaired) electrons. The van der Waals surface area contributed by atoms with E-state index < -0.39 is 0 Å². The monoisotopic (exact) mass is 336 g/mol. The van der Waals surface area contributed by atoms with Crippen molar-refractivity contribution in [2.45, 2.75) is 6.04 Å². The number of benzene rings is 2. The summed E-state index contributed by atoms with van der Waals surface area (Å²) in [5.74, 6) is 1.13. The molecule has 0 amide bonds. The number of rotatable bonds is 2. The van der Waals surface area contributed by atoms with Gasteiger partial charge in [-0.1, -0.05) is 18.2 Å². The lowest BCUT2D eigenvalue weighted by molar-refractivity contribution is -0.135. The fraction of sp³-hybridized carbons (Fsp3) is 0.211. The highest BCUT2D eigenvalue weighted by Crippen LogP contribution is 2.46. The normalized spacial score (nSPS) is 20.3. The van der Waals surface area contributed by atoms with E-state index in [2.05, 4.69) is 10.2 Å². The van der Waals surface area contributed by atoms with E-state index in [0.29, 0.717) is 17.9 Å². The molecule has 0 spiro atoms. The van der Waals surface area contributed by atoms with E-state index in [1.165, 1.54) is 0 Å². The molecule has 3 aliphatic rings. The van der Waals surface area contributed by atoms with Crippen LogP contribution < -0.4 is 19.7 Å². The average Bonchev–Trinajstić information content (AvgIpc) is 3.24. The van der Waals surface area contributed by atoms with Gasteiger partial charge >= 0.3 is 5.97 Å². The Bertz CT molecular complexity index is 907. The Morgan fingerprint density at radius 2 is 1.84 bits per heavy atom. The summed E-state index contributed by atoms with van der Waals surface area (Å²) < 4.78 is 16.4. The topological polar surface area (TPSA) is 60.0 Å². The molecule has 3 aliphatic heterocycles. The smallest absolute Gasteiger partial charge is 0.338 e. The van der Waals surface area contributed by atoms with Gasteiger partial charge in [0.05, 0.1) is 23.0 Å². The van der Waals surface area contributed by atoms with E-state index in [9.17, 15) is 4.79 Å². The first-order chi connectivity index (χ1) is 12.2. The molecule has 2 aromatic carbocycles. The highest BCUT2D eigenvalue weighted by molar-refractivity contribution is 6.07. The van der Waals surface area contributed by atoms with Crippen molar-refractivity contribution in [2.24, 2.45) is 0 Å². The second-order valence-electron chi connectivity index (χ2n) is 6.23. The van der Waals surface area contributed by atoms with Crippen LogP contribution in [0.5, 0.6) is 11.5 Å². The zero-order chi connectivity index (χ0) is 17.0. The standard InChI is InChI=1S/C19H16N2O4/c1-21-13-8-16-15(24-10-25-16)7-12(13)18(17-14(21)9-23-19(17)22)20-11-5-3-2-4-6-11/h2-8,14,20H,9-10H2,1H3. The van der Waals surface area contributed by atoms with Crippen LogP contribution in [0.15, 0.2) is 48.0 Å². The molecule has 6 nitrogen and oxygen atoms in total. The number of nitrogens with zero attached hydrogens (tertiary/aromatic N) is 1. The van der Waals surface area contributed by atoms with Crippen LogP contribution in [0.2, 0.25) is 0 Å². The van der Waals surface area contributed by atoms with Gasteiger partial charge in [0.2, 0.25) is 6.79 Å². The quantitative estimate of drug-likeness (QED) is 0.851. The summed E-state index contributed by atoms with van der Waals surface area (Å²) in [5, 5.41) is 3.41. The molecule has 6 heteroatoms. The summed E-state index contributed by atoms with van der Waals surface area (Å²) in [5.41, 5.74) is 4.22. The lowest BCUT2D eigenvalue weighted by Gasteiger charge is -2.34. The van der Waals surface area contributed by atoms with Crippen LogP contribution in [0.1, 0.15) is 5.56 Å². The molecular formula is C19H16N2O4. The fourth-order valence-corrected chi connectivity index (χ4v) is 3.56. The lowest BCUT2D eigenvalue weighted by atomic mass is 9.93. The number of hydrogen-bond donors (Lipinski definition) is 1. The van der Waals surface area contributed by atoms with Gasteiger partial charge in [0, 0.05) is 24.4 Å². The van der Waals surface area contributed by atoms with Gasteiger partial charge in [-0.15, -0.1) is 0 Å². The van der Waals surface area contributed by atoms with Gasteiger partial charge in [-0.25, -0.2) is 4.79 Å². The van der Waals surface area contributed by atoms with Crippen LogP contribution in [0.3, 0.4) is 0 Å². The molecule has 0 aliphatic carbocycles. The molecule has 0 saturated carbocycles. The van der Waals surface area contributed by atoms with E-state index in [0.717, 1.165) is 28.4 Å². The Hall–Kier alpha value is -3.15. The van der Waals surface area contributed by atoms with Gasteiger partial charge in [0.15, 0.2) is 11.5 Å². The Morgan fingerprint density at radius 3 is 2.64 bits per heavy atom. The lowest BCUT2D eigenvalue weighted by Crippen LogP contribution is -2.38. The number of para-hydroxylation sites is 1. The third-order valence-corrected chi connectivity index (χ3v) is 4.85. The number of nitrogens with one attached hydrogen (secondary N) is 1. The molecular weight excluding hydrogens is 320 g/mol. The molecule has 1 saturated heterocycles. The maximum atomic E-state index is 12.4. The first-order valence-corrected chi connectivity index (χ1v) is 8.12. The molecule has 126 valence electrons. The van der Waals surface area contributed by atoms with Crippen molar-refractivity contribution in [3.8, 4) is 11.5 Å². The van der Waals surface area contributed by atoms with Crippen LogP contribution in [0, 0.1) is 0 Å². The molecule has 5 rings (SSSR count). The van der Waals surface area contributed by atoms with Crippen LogP contribution in [-0.2, 0) is 9.53 Å². The summed E-state index contributed by atoms with van der Waals surface area (Å²) in [4.78, 5) is 14.5. The zero-order valence-electron chi connectivity index (χ0n) is 13.6. The third kappa shape index (κ3) is 2.07. The molecule has 2 aromatic rings. The summed E-state index contributed by atoms with van der Waals surface area (Å²) in [7, 11) is 1.97. The highest BCUT2D eigenvalue weighted by Gasteiger charge is 2.42. The van der Waals surface area contributed by atoms with Crippen molar-refractivity contribution in [2.75, 3.05) is 30.7 Å². The minimum atomic E-state index is -0.279. The van der Waals surface area contributed by atoms with Crippen LogP contribution >= 0.6 is 0 Å². The predicted octanol–water partition coefficient (Wildman–Crippen LogP) is 2.61. The van der Waals surface area contributed by atoms with Crippen LogP contribution in [0.25, 0.3) is 5.70 Å². The predicted molar refractivity (Wildman–Crippen MR) is 92.7 cm³/mol. The number of anilines is 2. The number of cyclic esters (lactones) is 1. The summed E-state index contributed by atoms with van der Waals surface area (Å²) in [6.07, 6.45) is 0. The number of esters is 1. The molecule has 1 atom stereocenters. The first kappa shape index (κ1) is 14.2. The van der Waals surface area contributed by atoms with Gasteiger partial charge in [0.1, 0.15) is 6.61 Å². The molecule has 1 fully saturated rings. The summed E-state index contributed by atoms with van der Waals surface area (Å²) in [6.45, 7) is 0.559. The average molecular weight is 336 g/mol. The van der Waals surface area contributed by atoms with E-state index in [1.807, 2.05) is 49.5 Å². The maximum absolute atomic E-state index is 12.4. The minimum absolute atomic E-state index is 0.119. The third-order valence-electron chi connectivity index (χ3n) is 4.85. The van der Waals surface area contributed by atoms with Gasteiger partial charge in [-0.2, -0.15) is 0 Å². The minimum Gasteiger partial charge on any atom is -0.460 e. The molecule has 0 bridgehead atoms. The SMILES string of the molecule is CN1c2cc3c(cc2C(Nc2ccccc2)=C2C(=O)OCC21)OCO3. The number of fused-ring (bicyclic) bond motifs is 3. The molecule has 25 heavy (non-hydrogen) atoms. The number of hydrogen-bond acceptors (Lipinski definition) is 6. The van der Waals surface area contributed by atoms with Crippen molar-refractivity contribution >= 4 is 23.0 Å². The van der Waals surface area contributed by atoms with Gasteiger partial charge in [0.25, 0.3) is 0 Å². The second-order valence-corrected chi connectivity index (χ2v) is 6.23.